The number of halogens is 1. The second-order valence-corrected chi connectivity index (χ2v) is 7.28. The number of aliphatic hydroxyl groups is 1. The minimum Gasteiger partial charge on any atom is -0.473 e. The van der Waals surface area contributed by atoms with Crippen molar-refractivity contribution in [2.75, 3.05) is 13.2 Å². The molecule has 0 fully saturated rings. The molecule has 3 heterocycles. The summed E-state index contributed by atoms with van der Waals surface area (Å²) >= 11 is 0. The van der Waals surface area contributed by atoms with Crippen molar-refractivity contribution in [1.29, 1.82) is 0 Å². The fraction of sp³-hybridized carbons (Fsp3) is 0.217. The monoisotopic (exact) mass is 435 g/mol. The fourth-order valence-corrected chi connectivity index (χ4v) is 3.29. The maximum atomic E-state index is 13.0. The highest BCUT2D eigenvalue weighted by Crippen LogP contribution is 2.20. The number of carbonyl (C=O) groups excluding carboxylic acids is 1. The van der Waals surface area contributed by atoms with Crippen molar-refractivity contribution >= 4 is 16.8 Å². The molecular formula is C23H22FN5O3. The quantitative estimate of drug-likeness (QED) is 0.441. The van der Waals surface area contributed by atoms with Crippen LogP contribution >= 0.6 is 0 Å². The number of pyridine rings is 2. The second kappa shape index (κ2) is 9.52. The lowest BCUT2D eigenvalue weighted by molar-refractivity contribution is 0.0941. The van der Waals surface area contributed by atoms with Gasteiger partial charge < -0.3 is 15.2 Å². The summed E-state index contributed by atoms with van der Waals surface area (Å²) in [5.41, 5.74) is 3.56. The number of fused-ring (bicyclic) bond motifs is 1. The van der Waals surface area contributed by atoms with E-state index < -0.39 is 0 Å². The summed E-state index contributed by atoms with van der Waals surface area (Å²) in [6.45, 7) is 2.68. The summed E-state index contributed by atoms with van der Waals surface area (Å²) < 4.78 is 20.5. The Bertz CT molecular complexity index is 1240. The highest BCUT2D eigenvalue weighted by atomic mass is 19.1. The maximum absolute atomic E-state index is 13.0. The molecule has 9 heteroatoms. The van der Waals surface area contributed by atoms with Gasteiger partial charge in [0.15, 0.2) is 0 Å². The molecule has 0 saturated heterocycles. The Hall–Kier alpha value is -3.85. The topological polar surface area (TPSA) is 102 Å². The van der Waals surface area contributed by atoms with E-state index in [1.54, 1.807) is 35.3 Å². The van der Waals surface area contributed by atoms with Gasteiger partial charge in [0.25, 0.3) is 5.91 Å². The molecule has 1 amide bonds. The van der Waals surface area contributed by atoms with Crippen molar-refractivity contribution in [2.45, 2.75) is 20.1 Å². The first-order valence-electron chi connectivity index (χ1n) is 10.1. The third kappa shape index (κ3) is 4.89. The van der Waals surface area contributed by atoms with E-state index in [1.165, 1.54) is 18.3 Å². The van der Waals surface area contributed by atoms with Gasteiger partial charge in [-0.3, -0.25) is 14.5 Å². The van der Waals surface area contributed by atoms with E-state index in [0.29, 0.717) is 29.9 Å². The number of amides is 1. The number of ether oxygens (including phenoxy) is 1. The average Bonchev–Trinajstić information content (AvgIpc) is 3.20. The molecule has 1 aromatic carbocycles. The molecule has 0 radical (unpaired) electrons. The fourth-order valence-electron chi connectivity index (χ4n) is 3.29. The number of carbonyl (C=O) groups is 1. The van der Waals surface area contributed by atoms with Crippen LogP contribution in [0, 0.1) is 12.7 Å². The van der Waals surface area contributed by atoms with Crippen LogP contribution in [0.3, 0.4) is 0 Å². The van der Waals surface area contributed by atoms with E-state index >= 15 is 0 Å². The molecule has 0 bridgehead atoms. The lowest BCUT2D eigenvalue weighted by Gasteiger charge is -2.10. The summed E-state index contributed by atoms with van der Waals surface area (Å²) in [6, 6.07) is 9.85. The standard InChI is InChI=1S/C23H22FN5O3/c1-15-10-17(11-27-23(15)32-14-16-2-4-18(24)5-3-16)12-29-13-19-20(28-29)6-7-25-21(19)22(31)26-8-9-30/h2-7,10-11,13,30H,8-9,12,14H2,1H3,(H,26,31). The third-order valence-electron chi connectivity index (χ3n) is 4.81. The van der Waals surface area contributed by atoms with Gasteiger partial charge in [-0.25, -0.2) is 9.37 Å². The van der Waals surface area contributed by atoms with Crippen LogP contribution < -0.4 is 10.1 Å². The van der Waals surface area contributed by atoms with Crippen molar-refractivity contribution in [3.63, 3.8) is 0 Å². The van der Waals surface area contributed by atoms with Crippen LogP contribution in [-0.4, -0.2) is 43.9 Å². The van der Waals surface area contributed by atoms with Crippen LogP contribution in [0.5, 0.6) is 5.88 Å². The van der Waals surface area contributed by atoms with Crippen LogP contribution in [0.15, 0.2) is 55.0 Å². The molecule has 0 aliphatic carbocycles. The van der Waals surface area contributed by atoms with Crippen molar-refractivity contribution < 1.29 is 19.0 Å². The Morgan fingerprint density at radius 3 is 2.75 bits per heavy atom. The Kier molecular flexibility index (Phi) is 6.37. The maximum Gasteiger partial charge on any atom is 0.270 e. The van der Waals surface area contributed by atoms with Crippen molar-refractivity contribution in [3.8, 4) is 5.88 Å². The van der Waals surface area contributed by atoms with Gasteiger partial charge in [0.1, 0.15) is 18.1 Å². The highest BCUT2D eigenvalue weighted by Gasteiger charge is 2.14. The Morgan fingerprint density at radius 1 is 1.19 bits per heavy atom. The summed E-state index contributed by atoms with van der Waals surface area (Å²) in [7, 11) is 0. The van der Waals surface area contributed by atoms with Gasteiger partial charge in [-0.2, -0.15) is 5.10 Å². The number of hydrogen-bond donors (Lipinski definition) is 2. The van der Waals surface area contributed by atoms with Gasteiger partial charge in [0, 0.05) is 30.7 Å². The van der Waals surface area contributed by atoms with Crippen LogP contribution in [0.25, 0.3) is 10.9 Å². The molecule has 4 rings (SSSR count). The number of nitrogens with zero attached hydrogens (tertiary/aromatic N) is 4. The largest absolute Gasteiger partial charge is 0.473 e. The zero-order valence-electron chi connectivity index (χ0n) is 17.5. The van der Waals surface area contributed by atoms with E-state index in [-0.39, 0.29) is 30.6 Å². The lowest BCUT2D eigenvalue weighted by atomic mass is 10.2. The number of aliphatic hydroxyl groups excluding tert-OH is 1. The van der Waals surface area contributed by atoms with E-state index in [9.17, 15) is 9.18 Å². The Morgan fingerprint density at radius 2 is 2.00 bits per heavy atom. The predicted molar refractivity (Wildman–Crippen MR) is 116 cm³/mol. The molecule has 0 atom stereocenters. The first kappa shape index (κ1) is 21.4. The number of rotatable bonds is 8. The summed E-state index contributed by atoms with van der Waals surface area (Å²) in [6.07, 6.45) is 5.02. The molecule has 3 aromatic heterocycles. The van der Waals surface area contributed by atoms with Crippen LogP contribution in [0.2, 0.25) is 0 Å². The number of hydrogen-bond acceptors (Lipinski definition) is 6. The predicted octanol–water partition coefficient (Wildman–Crippen LogP) is 2.62. The van der Waals surface area contributed by atoms with Crippen molar-refractivity contribution in [2.24, 2.45) is 0 Å². The first-order valence-corrected chi connectivity index (χ1v) is 10.1. The molecule has 8 nitrogen and oxygen atoms in total. The van der Waals surface area contributed by atoms with Crippen LogP contribution in [0.1, 0.15) is 27.2 Å². The second-order valence-electron chi connectivity index (χ2n) is 7.28. The molecule has 0 unspecified atom stereocenters. The minimum atomic E-state index is -0.357. The molecule has 0 saturated carbocycles. The molecule has 0 spiro atoms. The van der Waals surface area contributed by atoms with Gasteiger partial charge in [-0.1, -0.05) is 12.1 Å². The smallest absolute Gasteiger partial charge is 0.270 e. The van der Waals surface area contributed by atoms with Gasteiger partial charge in [0.2, 0.25) is 5.88 Å². The Balaban J connectivity index is 1.47. The molecule has 32 heavy (non-hydrogen) atoms. The van der Waals surface area contributed by atoms with Gasteiger partial charge in [-0.05, 0) is 42.3 Å². The van der Waals surface area contributed by atoms with Crippen LogP contribution in [-0.2, 0) is 13.2 Å². The zero-order chi connectivity index (χ0) is 22.5. The number of benzene rings is 1. The summed E-state index contributed by atoms with van der Waals surface area (Å²) in [5, 5.41) is 16.7. The van der Waals surface area contributed by atoms with E-state index in [1.807, 2.05) is 13.0 Å². The van der Waals surface area contributed by atoms with E-state index in [0.717, 1.165) is 16.7 Å². The number of nitrogens with one attached hydrogen (secondary N) is 1. The molecule has 0 aliphatic rings. The molecular weight excluding hydrogens is 413 g/mol. The molecule has 164 valence electrons. The third-order valence-corrected chi connectivity index (χ3v) is 4.81. The SMILES string of the molecule is Cc1cc(Cn2cc3c(C(=O)NCCO)nccc3n2)cnc1OCc1ccc(F)cc1. The number of aromatic nitrogens is 4. The average molecular weight is 435 g/mol. The Labute approximate surface area is 183 Å². The van der Waals surface area contributed by atoms with E-state index in [4.69, 9.17) is 9.84 Å². The summed E-state index contributed by atoms with van der Waals surface area (Å²) in [5.74, 6) is -0.132. The molecule has 0 aliphatic heterocycles. The van der Waals surface area contributed by atoms with Crippen molar-refractivity contribution in [1.82, 2.24) is 25.1 Å². The zero-order valence-corrected chi connectivity index (χ0v) is 17.5. The van der Waals surface area contributed by atoms with Gasteiger partial charge >= 0.3 is 0 Å². The lowest BCUT2D eigenvalue weighted by Crippen LogP contribution is -2.27. The van der Waals surface area contributed by atoms with E-state index in [2.05, 4.69) is 20.4 Å². The van der Waals surface area contributed by atoms with Gasteiger partial charge in [-0.15, -0.1) is 0 Å². The van der Waals surface area contributed by atoms with Crippen LogP contribution in [0.4, 0.5) is 4.39 Å². The molecule has 2 N–H and O–H groups in total. The minimum absolute atomic E-state index is 0.142. The van der Waals surface area contributed by atoms with Crippen molar-refractivity contribution in [3.05, 3.63) is 83.2 Å². The summed E-state index contributed by atoms with van der Waals surface area (Å²) in [4.78, 5) is 20.8. The normalized spacial score (nSPS) is 11.0. The number of aryl methyl sites for hydroxylation is 1. The first-order chi connectivity index (χ1) is 15.5. The van der Waals surface area contributed by atoms with Gasteiger partial charge in [0.05, 0.1) is 24.1 Å². The molecule has 4 aromatic rings. The highest BCUT2D eigenvalue weighted by molar-refractivity contribution is 6.04.